The van der Waals surface area contributed by atoms with Gasteiger partial charge in [0.2, 0.25) is 0 Å². The van der Waals surface area contributed by atoms with Crippen molar-refractivity contribution in [3.8, 4) is 56.0 Å². The number of aliphatic hydroxyl groups excluding tert-OH is 1. The van der Waals surface area contributed by atoms with Crippen LogP contribution in [0.3, 0.4) is 0 Å². The normalized spacial score (nSPS) is 16.4. The van der Waals surface area contributed by atoms with Crippen molar-refractivity contribution in [1.82, 2.24) is 29.5 Å². The number of phenols is 1. The van der Waals surface area contributed by atoms with Crippen molar-refractivity contribution in [3.63, 3.8) is 0 Å². The molecule has 1 fully saturated rings. The highest BCUT2D eigenvalue weighted by molar-refractivity contribution is 5.99. The van der Waals surface area contributed by atoms with Crippen molar-refractivity contribution in [2.75, 3.05) is 6.61 Å². The second kappa shape index (κ2) is 17.2. The Morgan fingerprint density at radius 2 is 1.00 bits per heavy atom. The first kappa shape index (κ1) is 42.3. The lowest BCUT2D eigenvalue weighted by Crippen LogP contribution is -2.33. The lowest BCUT2D eigenvalue weighted by molar-refractivity contribution is -0.0410. The first-order chi connectivity index (χ1) is 33.0. The van der Waals surface area contributed by atoms with E-state index in [-0.39, 0.29) is 18.8 Å². The fourth-order valence-electron chi connectivity index (χ4n) is 9.22. The minimum atomic E-state index is -0.891. The summed E-state index contributed by atoms with van der Waals surface area (Å²) >= 11 is 0. The number of hydrogen-bond acceptors (Lipinski definition) is 8. The largest absolute Gasteiger partial charge is 0.508 e. The Morgan fingerprint density at radius 3 is 1.44 bits per heavy atom. The fraction of sp³-hybridized carbons (Fsp3) is 0.143. The number of aliphatic hydroxyl groups is 1. The molecule has 12 nitrogen and oxygen atoms in total. The Labute approximate surface area is 390 Å². The molecule has 0 spiro atoms. The van der Waals surface area contributed by atoms with Gasteiger partial charge >= 0.3 is 5.69 Å². The maximum atomic E-state index is 12.6. The molecule has 1 saturated heterocycles. The molecule has 3 aliphatic rings. The number of H-pyrrole nitrogens is 3. The van der Waals surface area contributed by atoms with Crippen LogP contribution in [0.1, 0.15) is 52.1 Å². The highest BCUT2D eigenvalue weighted by Gasteiger charge is 2.36. The fourth-order valence-corrected chi connectivity index (χ4v) is 9.22. The minimum absolute atomic E-state index is 0.0358. The highest BCUT2D eigenvalue weighted by atomic mass is 16.6. The van der Waals surface area contributed by atoms with Crippen molar-refractivity contribution in [1.29, 1.82) is 0 Å². The van der Waals surface area contributed by atoms with Crippen molar-refractivity contribution < 1.29 is 19.7 Å². The van der Waals surface area contributed by atoms with Crippen molar-refractivity contribution in [2.24, 2.45) is 0 Å². The molecule has 3 aliphatic heterocycles. The van der Waals surface area contributed by atoms with Crippen LogP contribution in [0.4, 0.5) is 0 Å². The van der Waals surface area contributed by atoms with Gasteiger partial charge in [-0.3, -0.25) is 14.3 Å². The van der Waals surface area contributed by atoms with Gasteiger partial charge in [-0.25, -0.2) is 14.8 Å². The number of nitrogens with zero attached hydrogens (tertiary/aromatic N) is 3. The van der Waals surface area contributed by atoms with E-state index in [9.17, 15) is 19.8 Å². The van der Waals surface area contributed by atoms with E-state index in [1.165, 1.54) is 10.8 Å². The summed E-state index contributed by atoms with van der Waals surface area (Å²) in [5.41, 5.74) is 15.6. The Kier molecular flexibility index (Phi) is 10.7. The van der Waals surface area contributed by atoms with E-state index in [1.807, 2.05) is 48.6 Å². The van der Waals surface area contributed by atoms with Crippen LogP contribution in [-0.4, -0.2) is 58.5 Å². The van der Waals surface area contributed by atoms with Crippen LogP contribution in [0.2, 0.25) is 0 Å². The molecule has 3 atom stereocenters. The van der Waals surface area contributed by atoms with Gasteiger partial charge in [-0.05, 0) is 116 Å². The molecule has 11 rings (SSSR count). The summed E-state index contributed by atoms with van der Waals surface area (Å²) in [6, 6.07) is 40.2. The quantitative estimate of drug-likeness (QED) is 0.100. The van der Waals surface area contributed by atoms with E-state index in [2.05, 4.69) is 114 Å². The van der Waals surface area contributed by atoms with Crippen LogP contribution < -0.4 is 16.0 Å². The van der Waals surface area contributed by atoms with Crippen LogP contribution in [0.15, 0.2) is 137 Å². The molecular formula is C56H46N6O6. The van der Waals surface area contributed by atoms with Gasteiger partial charge in [0.1, 0.15) is 30.4 Å². The van der Waals surface area contributed by atoms with Gasteiger partial charge in [-0.2, -0.15) is 0 Å². The molecule has 7 heterocycles. The van der Waals surface area contributed by atoms with Gasteiger partial charge in [0.25, 0.3) is 5.56 Å². The summed E-state index contributed by atoms with van der Waals surface area (Å²) in [5, 5.41) is 21.3. The molecule has 0 unspecified atom stereocenters. The van der Waals surface area contributed by atoms with Crippen molar-refractivity contribution in [2.45, 2.75) is 45.6 Å². The number of benzene rings is 4. The summed E-state index contributed by atoms with van der Waals surface area (Å²) in [4.78, 5) is 45.2. The predicted molar refractivity (Wildman–Crippen MR) is 268 cm³/mol. The minimum Gasteiger partial charge on any atom is -0.508 e. The van der Waals surface area contributed by atoms with Crippen LogP contribution in [-0.2, 0) is 4.74 Å². The molecule has 12 heteroatoms. The number of ether oxygens (including phenoxy) is 2. The number of hydrogen-bond donors (Lipinski definition) is 5. The van der Waals surface area contributed by atoms with Gasteiger partial charge in [-0.15, -0.1) is 0 Å². The SMILES string of the molecule is Cc1ccc(-c2c3nc(c(-c4ccc(C)cc4)c4ccc([nH]4)c(-c4ccc(OC[C@H]5O[C@@H](n6cc(C)c(=O)[nH]c6=O)C[C@@H]5O)cc4)c4nc(c(-c5ccc(O)cc5)c5ccc2[nH]5)C=C4)C=C3)cc1. The number of fused-ring (bicyclic) bond motifs is 8. The zero-order valence-electron chi connectivity index (χ0n) is 37.4. The molecule has 336 valence electrons. The Balaban J connectivity index is 1.07. The molecule has 4 aromatic heterocycles. The number of phenolic OH excluding ortho intramolecular Hbond substituents is 1. The molecule has 8 bridgehead atoms. The first-order valence-corrected chi connectivity index (χ1v) is 22.5. The second-order valence-electron chi connectivity index (χ2n) is 17.5. The zero-order chi connectivity index (χ0) is 46.6. The van der Waals surface area contributed by atoms with Crippen molar-refractivity contribution >= 4 is 46.4 Å². The molecule has 0 amide bonds. The molecule has 0 saturated carbocycles. The molecule has 0 aliphatic carbocycles. The average molecular weight is 899 g/mol. The van der Waals surface area contributed by atoms with E-state index in [1.54, 1.807) is 19.1 Å². The summed E-state index contributed by atoms with van der Waals surface area (Å²) in [5.74, 6) is 0.725. The Morgan fingerprint density at radius 1 is 0.588 bits per heavy atom. The smallest absolute Gasteiger partial charge is 0.330 e. The van der Waals surface area contributed by atoms with E-state index >= 15 is 0 Å². The number of aryl methyl sites for hydroxylation is 3. The monoisotopic (exact) mass is 898 g/mol. The molecule has 4 aromatic carbocycles. The first-order valence-electron chi connectivity index (χ1n) is 22.5. The number of aromatic hydroxyl groups is 1. The molecule has 5 N–H and O–H groups in total. The topological polar surface area (TPSA) is 171 Å². The summed E-state index contributed by atoms with van der Waals surface area (Å²) in [6.07, 6.45) is 7.49. The second-order valence-corrected chi connectivity index (χ2v) is 17.5. The molecular weight excluding hydrogens is 853 g/mol. The van der Waals surface area contributed by atoms with Crippen LogP contribution in [0.25, 0.3) is 90.9 Å². The summed E-state index contributed by atoms with van der Waals surface area (Å²) < 4.78 is 13.6. The number of rotatable bonds is 8. The Hall–Kier alpha value is -8.32. The van der Waals surface area contributed by atoms with Crippen LogP contribution in [0, 0.1) is 20.8 Å². The number of aromatic nitrogens is 6. The van der Waals surface area contributed by atoms with Gasteiger partial charge in [0.15, 0.2) is 0 Å². The van der Waals surface area contributed by atoms with Gasteiger partial charge in [-0.1, -0.05) is 83.9 Å². The number of nitrogens with one attached hydrogen (secondary N) is 3. The lowest BCUT2D eigenvalue weighted by Gasteiger charge is -2.17. The van der Waals surface area contributed by atoms with Crippen LogP contribution in [0.5, 0.6) is 11.5 Å². The third-order valence-corrected chi connectivity index (χ3v) is 12.8. The van der Waals surface area contributed by atoms with E-state index < -0.39 is 29.7 Å². The van der Waals surface area contributed by atoms with Gasteiger partial charge in [0.05, 0.1) is 28.9 Å². The molecule has 0 radical (unpaired) electrons. The summed E-state index contributed by atoms with van der Waals surface area (Å²) in [7, 11) is 0. The average Bonchev–Trinajstić information content (AvgIpc) is 4.21. The standard InChI is InChI=1S/C56H46N6O6/c1-31-4-8-34(9-5-31)51-40-20-21-41(57-40)52(35-10-6-32(2)7-11-35)43-23-26-46(59-43)54(47-27-25-45(60-47)53(44-24-22-42(51)58-44)36-12-16-38(63)17-13-36)37-14-18-39(19-15-37)67-30-49-48(64)28-50(68-49)62-29-33(3)55(65)61-56(62)66/h4-27,29,48-50,58-59,63-64H,28,30H2,1-3H3,(H,61,65,66)/t48-,49+,50+/m0/s1. The van der Waals surface area contributed by atoms with Crippen molar-refractivity contribution in [3.05, 3.63) is 188 Å². The maximum absolute atomic E-state index is 12.6. The predicted octanol–water partition coefficient (Wildman–Crippen LogP) is 10.5. The Bertz CT molecular complexity index is 3580. The maximum Gasteiger partial charge on any atom is 0.330 e. The molecule has 68 heavy (non-hydrogen) atoms. The third kappa shape index (κ3) is 7.95. The lowest BCUT2D eigenvalue weighted by atomic mass is 10.0. The van der Waals surface area contributed by atoms with E-state index in [0.29, 0.717) is 11.3 Å². The van der Waals surface area contributed by atoms with E-state index in [4.69, 9.17) is 19.4 Å². The molecule has 8 aromatic rings. The highest BCUT2D eigenvalue weighted by Crippen LogP contribution is 2.39. The van der Waals surface area contributed by atoms with Gasteiger partial charge in [0, 0.05) is 62.5 Å². The van der Waals surface area contributed by atoms with E-state index in [0.717, 1.165) is 100 Å². The third-order valence-electron chi connectivity index (χ3n) is 12.8. The zero-order valence-corrected chi connectivity index (χ0v) is 37.4. The summed E-state index contributed by atoms with van der Waals surface area (Å²) in [6.45, 7) is 5.81. The number of aromatic amines is 3. The van der Waals surface area contributed by atoms with Crippen LogP contribution >= 0.6 is 0 Å². The van der Waals surface area contributed by atoms with Gasteiger partial charge < -0.3 is 29.7 Å².